The second kappa shape index (κ2) is 8.03. The van der Waals surface area contributed by atoms with Gasteiger partial charge in [0.05, 0.1) is 18.3 Å². The first-order chi connectivity index (χ1) is 15.2. The Kier molecular flexibility index (Phi) is 5.37. The lowest BCUT2D eigenvalue weighted by atomic mass is 10.1. The standard InChI is InChI=1S/C22H18F3N3O4/c1-13-20(29)28(15-3-5-16(6-4-15)32-22(23,24)25)21(30)27(13)12-14-9-10-26-19-8-7-17(31-2)11-18(14)19/h3-11,13H,12H2,1-2H3. The first-order valence-electron chi connectivity index (χ1n) is 9.60. The number of alkyl halides is 3. The molecule has 1 fully saturated rings. The number of imide groups is 1. The summed E-state index contributed by atoms with van der Waals surface area (Å²) in [4.78, 5) is 32.6. The van der Waals surface area contributed by atoms with Crippen LogP contribution in [0.4, 0.5) is 23.7 Å². The van der Waals surface area contributed by atoms with Crippen molar-refractivity contribution >= 4 is 28.5 Å². The summed E-state index contributed by atoms with van der Waals surface area (Å²) in [5, 5.41) is 0.784. The van der Waals surface area contributed by atoms with E-state index in [1.165, 1.54) is 17.0 Å². The number of urea groups is 1. The number of hydrogen-bond acceptors (Lipinski definition) is 5. The summed E-state index contributed by atoms with van der Waals surface area (Å²) in [6.45, 7) is 1.75. The Morgan fingerprint density at radius 3 is 2.38 bits per heavy atom. The maximum atomic E-state index is 13.1. The molecule has 0 N–H and O–H groups in total. The molecule has 1 saturated heterocycles. The quantitative estimate of drug-likeness (QED) is 0.541. The third kappa shape index (κ3) is 4.03. The maximum absolute atomic E-state index is 13.1. The number of ether oxygens (including phenoxy) is 2. The number of hydrogen-bond donors (Lipinski definition) is 0. The summed E-state index contributed by atoms with van der Waals surface area (Å²) in [5.41, 5.74) is 1.65. The summed E-state index contributed by atoms with van der Waals surface area (Å²) >= 11 is 0. The second-order valence-corrected chi connectivity index (χ2v) is 7.15. The molecule has 0 bridgehead atoms. The van der Waals surface area contributed by atoms with Gasteiger partial charge in [0.25, 0.3) is 5.91 Å². The molecule has 1 unspecified atom stereocenters. The van der Waals surface area contributed by atoms with Crippen molar-refractivity contribution < 1.29 is 32.2 Å². The second-order valence-electron chi connectivity index (χ2n) is 7.15. The van der Waals surface area contributed by atoms with E-state index in [1.54, 1.807) is 38.4 Å². The van der Waals surface area contributed by atoms with Gasteiger partial charge in [-0.1, -0.05) is 0 Å². The SMILES string of the molecule is COc1ccc2nccc(CN3C(=O)N(c4ccc(OC(F)(F)F)cc4)C(=O)C3C)c2c1. The van der Waals surface area contributed by atoms with Crippen molar-refractivity contribution in [3.8, 4) is 11.5 Å². The van der Waals surface area contributed by atoms with Gasteiger partial charge in [0, 0.05) is 18.1 Å². The molecule has 1 aromatic heterocycles. The Hall–Kier alpha value is -3.82. The summed E-state index contributed by atoms with van der Waals surface area (Å²) in [7, 11) is 1.55. The van der Waals surface area contributed by atoms with Crippen molar-refractivity contribution in [2.24, 2.45) is 0 Å². The van der Waals surface area contributed by atoms with Crippen molar-refractivity contribution in [1.82, 2.24) is 9.88 Å². The van der Waals surface area contributed by atoms with E-state index in [2.05, 4.69) is 9.72 Å². The molecular weight excluding hydrogens is 427 g/mol. The van der Waals surface area contributed by atoms with E-state index in [9.17, 15) is 22.8 Å². The average Bonchev–Trinajstić information content (AvgIpc) is 2.96. The first kappa shape index (κ1) is 21.4. The number of nitrogens with zero attached hydrogens (tertiary/aromatic N) is 3. The molecule has 0 spiro atoms. The van der Waals surface area contributed by atoms with Crippen molar-refractivity contribution in [2.75, 3.05) is 12.0 Å². The molecule has 1 aliphatic heterocycles. The van der Waals surface area contributed by atoms with Gasteiger partial charge in [0.2, 0.25) is 0 Å². The highest BCUT2D eigenvalue weighted by atomic mass is 19.4. The summed E-state index contributed by atoms with van der Waals surface area (Å²) in [5.74, 6) is -0.288. The molecule has 3 aromatic rings. The molecule has 0 aliphatic carbocycles. The van der Waals surface area contributed by atoms with Crippen LogP contribution in [0.1, 0.15) is 12.5 Å². The highest BCUT2D eigenvalue weighted by molar-refractivity contribution is 6.21. The maximum Gasteiger partial charge on any atom is 0.573 e. The number of amides is 3. The number of carbonyl (C=O) groups is 2. The zero-order valence-electron chi connectivity index (χ0n) is 17.1. The van der Waals surface area contributed by atoms with Crippen LogP contribution in [0.3, 0.4) is 0 Å². The van der Waals surface area contributed by atoms with Crippen LogP contribution in [0.15, 0.2) is 54.7 Å². The van der Waals surface area contributed by atoms with Gasteiger partial charge in [-0.3, -0.25) is 9.78 Å². The van der Waals surface area contributed by atoms with Crippen molar-refractivity contribution in [3.63, 3.8) is 0 Å². The summed E-state index contributed by atoms with van der Waals surface area (Å²) in [6.07, 6.45) is -3.21. The zero-order valence-corrected chi connectivity index (χ0v) is 17.1. The van der Waals surface area contributed by atoms with Crippen molar-refractivity contribution in [3.05, 3.63) is 60.3 Å². The number of aromatic nitrogens is 1. The number of halogens is 3. The Morgan fingerprint density at radius 1 is 1.03 bits per heavy atom. The molecule has 0 radical (unpaired) electrons. The number of anilines is 1. The average molecular weight is 445 g/mol. The van der Waals surface area contributed by atoms with Crippen LogP contribution in [0.5, 0.6) is 11.5 Å². The fourth-order valence-corrected chi connectivity index (χ4v) is 3.58. The van der Waals surface area contributed by atoms with Crippen molar-refractivity contribution in [2.45, 2.75) is 25.9 Å². The highest BCUT2D eigenvalue weighted by Gasteiger charge is 2.43. The molecule has 0 saturated carbocycles. The van der Waals surface area contributed by atoms with Crippen LogP contribution in [-0.4, -0.2) is 41.3 Å². The Labute approximate surface area is 181 Å². The van der Waals surface area contributed by atoms with Gasteiger partial charge in [0.15, 0.2) is 0 Å². The number of methoxy groups -OCH3 is 1. The Morgan fingerprint density at radius 2 is 1.72 bits per heavy atom. The highest BCUT2D eigenvalue weighted by Crippen LogP contribution is 2.31. The number of pyridine rings is 1. The fourth-order valence-electron chi connectivity index (χ4n) is 3.58. The number of fused-ring (bicyclic) bond motifs is 1. The van der Waals surface area contributed by atoms with E-state index in [0.29, 0.717) is 11.3 Å². The van der Waals surface area contributed by atoms with Gasteiger partial charge >= 0.3 is 12.4 Å². The lowest BCUT2D eigenvalue weighted by molar-refractivity contribution is -0.274. The van der Waals surface area contributed by atoms with Crippen LogP contribution >= 0.6 is 0 Å². The smallest absolute Gasteiger partial charge is 0.497 e. The van der Waals surface area contributed by atoms with Gasteiger partial charge in [-0.05, 0) is 61.0 Å². The topological polar surface area (TPSA) is 72.0 Å². The summed E-state index contributed by atoms with van der Waals surface area (Å²) < 4.78 is 46.2. The van der Waals surface area contributed by atoms with Gasteiger partial charge in [0.1, 0.15) is 17.5 Å². The van der Waals surface area contributed by atoms with E-state index in [0.717, 1.165) is 28.0 Å². The van der Waals surface area contributed by atoms with E-state index >= 15 is 0 Å². The molecular formula is C22H18F3N3O4. The summed E-state index contributed by atoms with van der Waals surface area (Å²) in [6, 6.07) is 10.4. The van der Waals surface area contributed by atoms with E-state index in [4.69, 9.17) is 4.74 Å². The molecule has 1 atom stereocenters. The fraction of sp³-hybridized carbons (Fsp3) is 0.227. The minimum Gasteiger partial charge on any atom is -0.497 e. The minimum atomic E-state index is -4.83. The molecule has 4 rings (SSSR count). The monoisotopic (exact) mass is 445 g/mol. The normalized spacial score (nSPS) is 16.7. The van der Waals surface area contributed by atoms with Crippen LogP contribution in [-0.2, 0) is 11.3 Å². The van der Waals surface area contributed by atoms with E-state index in [1.807, 2.05) is 6.07 Å². The zero-order chi connectivity index (χ0) is 23.0. The van der Waals surface area contributed by atoms with E-state index < -0.39 is 30.1 Å². The van der Waals surface area contributed by atoms with E-state index in [-0.39, 0.29) is 12.2 Å². The van der Waals surface area contributed by atoms with Gasteiger partial charge < -0.3 is 14.4 Å². The number of benzene rings is 2. The van der Waals surface area contributed by atoms with Gasteiger partial charge in [-0.25, -0.2) is 9.69 Å². The van der Waals surface area contributed by atoms with Crippen LogP contribution < -0.4 is 14.4 Å². The van der Waals surface area contributed by atoms with Crippen molar-refractivity contribution in [1.29, 1.82) is 0 Å². The Balaban J connectivity index is 1.61. The molecule has 32 heavy (non-hydrogen) atoms. The third-order valence-corrected chi connectivity index (χ3v) is 5.19. The Bertz CT molecular complexity index is 1180. The predicted octanol–water partition coefficient (Wildman–Crippen LogP) is 4.50. The molecule has 3 amide bonds. The van der Waals surface area contributed by atoms with Crippen LogP contribution in [0.25, 0.3) is 10.9 Å². The predicted molar refractivity (Wildman–Crippen MR) is 109 cm³/mol. The molecule has 2 aromatic carbocycles. The van der Waals surface area contributed by atoms with Gasteiger partial charge in [-0.2, -0.15) is 0 Å². The molecule has 7 nitrogen and oxygen atoms in total. The lowest BCUT2D eigenvalue weighted by Gasteiger charge is -2.20. The van der Waals surface area contributed by atoms with Crippen LogP contribution in [0, 0.1) is 0 Å². The molecule has 10 heteroatoms. The molecule has 166 valence electrons. The largest absolute Gasteiger partial charge is 0.573 e. The molecule has 1 aliphatic rings. The number of rotatable bonds is 5. The van der Waals surface area contributed by atoms with Crippen LogP contribution in [0.2, 0.25) is 0 Å². The lowest BCUT2D eigenvalue weighted by Crippen LogP contribution is -2.33. The van der Waals surface area contributed by atoms with Gasteiger partial charge in [-0.15, -0.1) is 13.2 Å². The number of carbonyl (C=O) groups excluding carboxylic acids is 2. The first-order valence-corrected chi connectivity index (χ1v) is 9.60. The molecule has 2 heterocycles. The minimum absolute atomic E-state index is 0.143. The third-order valence-electron chi connectivity index (χ3n) is 5.19.